The molecule has 1 aliphatic heterocycles. The average Bonchev–Trinajstić information content (AvgIpc) is 3.09. The summed E-state index contributed by atoms with van der Waals surface area (Å²) in [6.45, 7) is 3.31. The molecule has 6 nitrogen and oxygen atoms in total. The van der Waals surface area contributed by atoms with Crippen LogP contribution in [0.3, 0.4) is 0 Å². The molecule has 1 atom stereocenters. The van der Waals surface area contributed by atoms with E-state index in [9.17, 15) is 9.18 Å². The van der Waals surface area contributed by atoms with Crippen LogP contribution in [-0.2, 0) is 13.1 Å². The zero-order valence-electron chi connectivity index (χ0n) is 15.7. The molecule has 3 heterocycles. The fourth-order valence-corrected chi connectivity index (χ4v) is 3.71. The van der Waals surface area contributed by atoms with E-state index < -0.39 is 5.82 Å². The summed E-state index contributed by atoms with van der Waals surface area (Å²) < 4.78 is 15.1. The minimum Gasteiger partial charge on any atom is -0.334 e. The van der Waals surface area contributed by atoms with Crippen molar-refractivity contribution in [2.75, 3.05) is 5.32 Å². The van der Waals surface area contributed by atoms with Crippen LogP contribution in [0.25, 0.3) is 0 Å². The summed E-state index contributed by atoms with van der Waals surface area (Å²) in [5.74, 6) is -0.0619. The number of carbonyl (C=O) groups is 1. The highest BCUT2D eigenvalue weighted by Crippen LogP contribution is 2.35. The molecule has 2 N–H and O–H groups in total. The lowest BCUT2D eigenvalue weighted by Crippen LogP contribution is -2.28. The molecule has 2 amide bonds. The normalized spacial score (nSPS) is 15.7. The van der Waals surface area contributed by atoms with Crippen molar-refractivity contribution >= 4 is 11.7 Å². The molecule has 0 radical (unpaired) electrons. The van der Waals surface area contributed by atoms with Crippen LogP contribution < -0.4 is 10.6 Å². The van der Waals surface area contributed by atoms with Gasteiger partial charge < -0.3 is 15.2 Å². The quantitative estimate of drug-likeness (QED) is 0.720. The van der Waals surface area contributed by atoms with E-state index in [2.05, 4.69) is 44.2 Å². The van der Waals surface area contributed by atoms with Crippen molar-refractivity contribution in [3.63, 3.8) is 0 Å². The van der Waals surface area contributed by atoms with Gasteiger partial charge in [0.1, 0.15) is 5.82 Å². The highest BCUT2D eigenvalue weighted by Gasteiger charge is 2.24. The Bertz CT molecular complexity index is 965. The third-order valence-electron chi connectivity index (χ3n) is 5.08. The number of nitrogens with zero attached hydrogens (tertiary/aromatic N) is 3. The minimum atomic E-state index is -0.399. The Morgan fingerprint density at radius 2 is 2.04 bits per heavy atom. The molecule has 0 saturated carbocycles. The summed E-state index contributed by atoms with van der Waals surface area (Å²) in [6, 6.07) is 10.5. The zero-order valence-corrected chi connectivity index (χ0v) is 15.7. The highest BCUT2D eigenvalue weighted by molar-refractivity contribution is 5.89. The number of nitrogens with one attached hydrogen (secondary N) is 2. The Kier molecular flexibility index (Phi) is 5.06. The number of amides is 2. The SMILES string of the molecule is Cc1ncn2c1[C@H](c1ccc(NC(=O)NCc3ccc(F)cn3)cc1)CCC2. The molecule has 4 rings (SSSR count). The van der Waals surface area contributed by atoms with Crippen molar-refractivity contribution in [3.05, 3.63) is 77.4 Å². The molecule has 0 spiro atoms. The number of anilines is 1. The van der Waals surface area contributed by atoms with Crippen LogP contribution in [0.4, 0.5) is 14.9 Å². The maximum atomic E-state index is 12.9. The third-order valence-corrected chi connectivity index (χ3v) is 5.08. The number of hydrogen-bond donors (Lipinski definition) is 2. The second-order valence-corrected chi connectivity index (χ2v) is 7.00. The number of urea groups is 1. The van der Waals surface area contributed by atoms with E-state index in [0.29, 0.717) is 17.3 Å². The van der Waals surface area contributed by atoms with Crippen LogP contribution in [0.15, 0.2) is 48.9 Å². The van der Waals surface area contributed by atoms with Gasteiger partial charge in [0.15, 0.2) is 0 Å². The van der Waals surface area contributed by atoms with E-state index in [-0.39, 0.29) is 12.6 Å². The number of pyridine rings is 1. The molecule has 0 bridgehead atoms. The number of aromatic nitrogens is 3. The molecule has 1 aliphatic rings. The number of carbonyl (C=O) groups excluding carboxylic acids is 1. The predicted molar refractivity (Wildman–Crippen MR) is 105 cm³/mol. The first-order chi connectivity index (χ1) is 13.6. The third kappa shape index (κ3) is 3.88. The number of rotatable bonds is 4. The number of hydrogen-bond acceptors (Lipinski definition) is 3. The van der Waals surface area contributed by atoms with Crippen LogP contribution in [-0.4, -0.2) is 20.6 Å². The number of benzene rings is 1. The van der Waals surface area contributed by atoms with Gasteiger partial charge in [0, 0.05) is 23.8 Å². The zero-order chi connectivity index (χ0) is 19.5. The molecule has 3 aromatic rings. The summed E-state index contributed by atoms with van der Waals surface area (Å²) in [5.41, 5.74) is 4.91. The fourth-order valence-electron chi connectivity index (χ4n) is 3.71. The first-order valence-electron chi connectivity index (χ1n) is 9.37. The Morgan fingerprint density at radius 1 is 1.21 bits per heavy atom. The van der Waals surface area contributed by atoms with Crippen molar-refractivity contribution in [2.45, 2.75) is 38.8 Å². The van der Waals surface area contributed by atoms with Gasteiger partial charge in [-0.15, -0.1) is 0 Å². The number of aryl methyl sites for hydroxylation is 2. The van der Waals surface area contributed by atoms with E-state index >= 15 is 0 Å². The van der Waals surface area contributed by atoms with Crippen molar-refractivity contribution in [3.8, 4) is 0 Å². The topological polar surface area (TPSA) is 71.8 Å². The van der Waals surface area contributed by atoms with Gasteiger partial charge >= 0.3 is 6.03 Å². The van der Waals surface area contributed by atoms with E-state index in [1.807, 2.05) is 18.5 Å². The van der Waals surface area contributed by atoms with Gasteiger partial charge in [-0.1, -0.05) is 12.1 Å². The van der Waals surface area contributed by atoms with Crippen LogP contribution >= 0.6 is 0 Å². The fraction of sp³-hybridized carbons (Fsp3) is 0.286. The summed E-state index contributed by atoms with van der Waals surface area (Å²) in [5, 5.41) is 5.53. The summed E-state index contributed by atoms with van der Waals surface area (Å²) in [4.78, 5) is 20.4. The second-order valence-electron chi connectivity index (χ2n) is 7.00. The summed E-state index contributed by atoms with van der Waals surface area (Å²) in [7, 11) is 0. The second kappa shape index (κ2) is 7.80. The van der Waals surface area contributed by atoms with E-state index in [1.54, 1.807) is 6.07 Å². The smallest absolute Gasteiger partial charge is 0.319 e. The molecule has 28 heavy (non-hydrogen) atoms. The van der Waals surface area contributed by atoms with Crippen LogP contribution in [0.5, 0.6) is 0 Å². The number of fused-ring (bicyclic) bond motifs is 1. The molecule has 0 unspecified atom stereocenters. The van der Waals surface area contributed by atoms with Gasteiger partial charge in [-0.2, -0.15) is 0 Å². The van der Waals surface area contributed by atoms with Gasteiger partial charge in [-0.3, -0.25) is 4.98 Å². The predicted octanol–water partition coefficient (Wildman–Crippen LogP) is 3.97. The first kappa shape index (κ1) is 18.2. The van der Waals surface area contributed by atoms with Crippen molar-refractivity contribution in [1.29, 1.82) is 0 Å². The van der Waals surface area contributed by atoms with Gasteiger partial charge in [0.05, 0.1) is 30.5 Å². The molecule has 144 valence electrons. The number of imidazole rings is 1. The molecule has 7 heteroatoms. The van der Waals surface area contributed by atoms with E-state index in [4.69, 9.17) is 0 Å². The molecule has 1 aromatic carbocycles. The minimum absolute atomic E-state index is 0.232. The van der Waals surface area contributed by atoms with Gasteiger partial charge in [0.25, 0.3) is 0 Å². The molecule has 2 aromatic heterocycles. The van der Waals surface area contributed by atoms with E-state index in [0.717, 1.165) is 31.3 Å². The number of halogens is 1. The van der Waals surface area contributed by atoms with Crippen LogP contribution in [0.1, 0.15) is 41.4 Å². The molecular formula is C21H22FN5O. The maximum Gasteiger partial charge on any atom is 0.319 e. The molecule has 0 aliphatic carbocycles. The van der Waals surface area contributed by atoms with Crippen LogP contribution in [0, 0.1) is 12.7 Å². The lowest BCUT2D eigenvalue weighted by Gasteiger charge is -2.25. The van der Waals surface area contributed by atoms with Crippen LogP contribution in [0.2, 0.25) is 0 Å². The Morgan fingerprint density at radius 3 is 2.79 bits per heavy atom. The monoisotopic (exact) mass is 379 g/mol. The van der Waals surface area contributed by atoms with Crippen molar-refractivity contribution in [1.82, 2.24) is 19.9 Å². The molecular weight excluding hydrogens is 357 g/mol. The lowest BCUT2D eigenvalue weighted by molar-refractivity contribution is 0.251. The van der Waals surface area contributed by atoms with Gasteiger partial charge in [0.2, 0.25) is 0 Å². The van der Waals surface area contributed by atoms with E-state index in [1.165, 1.54) is 17.3 Å². The van der Waals surface area contributed by atoms with Gasteiger partial charge in [-0.25, -0.2) is 14.2 Å². The average molecular weight is 379 g/mol. The molecule has 0 saturated heterocycles. The van der Waals surface area contributed by atoms with Crippen molar-refractivity contribution in [2.24, 2.45) is 0 Å². The first-order valence-corrected chi connectivity index (χ1v) is 9.37. The highest BCUT2D eigenvalue weighted by atomic mass is 19.1. The summed E-state index contributed by atoms with van der Waals surface area (Å²) in [6.07, 6.45) is 5.29. The largest absolute Gasteiger partial charge is 0.334 e. The molecule has 0 fully saturated rings. The van der Waals surface area contributed by atoms with Gasteiger partial charge in [-0.05, 0) is 49.6 Å². The summed E-state index contributed by atoms with van der Waals surface area (Å²) >= 11 is 0. The Hall–Kier alpha value is -3.22. The maximum absolute atomic E-state index is 12.9. The Balaban J connectivity index is 1.38. The lowest BCUT2D eigenvalue weighted by atomic mass is 9.87. The Labute approximate surface area is 162 Å². The van der Waals surface area contributed by atoms with Crippen molar-refractivity contribution < 1.29 is 9.18 Å². The standard InChI is InChI=1S/C21H22FN5O/c1-14-20-19(3-2-10-27(20)13-25-14)15-4-7-17(8-5-15)26-21(28)24-12-18-9-6-16(22)11-23-18/h4-9,11,13,19H,2-3,10,12H2,1H3,(H2,24,26,28)/t19-/m0/s1.